The number of amides is 1. The van der Waals surface area contributed by atoms with Gasteiger partial charge in [-0.1, -0.05) is 57.0 Å². The van der Waals surface area contributed by atoms with Gasteiger partial charge in [0.2, 0.25) is 0 Å². The third-order valence-electron chi connectivity index (χ3n) is 3.95. The highest BCUT2D eigenvalue weighted by Crippen LogP contribution is 2.29. The number of hydrogen-bond donors (Lipinski definition) is 1. The van der Waals surface area contributed by atoms with Crippen molar-refractivity contribution >= 4 is 11.8 Å². The summed E-state index contributed by atoms with van der Waals surface area (Å²) in [7, 11) is 0. The highest BCUT2D eigenvalue weighted by Gasteiger charge is 2.14. The Morgan fingerprint density at radius 2 is 1.72 bits per heavy atom. The van der Waals surface area contributed by atoms with Crippen LogP contribution < -0.4 is 10.1 Å². The van der Waals surface area contributed by atoms with E-state index in [-0.39, 0.29) is 6.10 Å². The Bertz CT molecular complexity index is 643. The molecule has 134 valence electrons. The van der Waals surface area contributed by atoms with E-state index in [9.17, 15) is 4.79 Å². The number of unbranched alkanes of at least 4 members (excludes halogenated alkanes) is 2. The molecular weight excluding hydrogens is 314 g/mol. The van der Waals surface area contributed by atoms with Gasteiger partial charge >= 0.3 is 6.09 Å². The van der Waals surface area contributed by atoms with Crippen molar-refractivity contribution in [3.05, 3.63) is 54.6 Å². The minimum absolute atomic E-state index is 0.0475. The highest BCUT2D eigenvalue weighted by molar-refractivity contribution is 5.86. The Hall–Kier alpha value is -2.49. The molecule has 25 heavy (non-hydrogen) atoms. The zero-order valence-corrected chi connectivity index (χ0v) is 15.0. The van der Waals surface area contributed by atoms with E-state index in [0.717, 1.165) is 37.9 Å². The average Bonchev–Trinajstić information content (AvgIpc) is 2.63. The van der Waals surface area contributed by atoms with Gasteiger partial charge in [0.05, 0.1) is 5.69 Å². The SMILES string of the molecule is CCCCCC(CC)OC(=O)Nc1ccccc1Oc1ccccc1. The van der Waals surface area contributed by atoms with Crippen molar-refractivity contribution in [3.63, 3.8) is 0 Å². The summed E-state index contributed by atoms with van der Waals surface area (Å²) in [6, 6.07) is 16.8. The summed E-state index contributed by atoms with van der Waals surface area (Å²) in [5, 5.41) is 2.80. The Balaban J connectivity index is 1.96. The van der Waals surface area contributed by atoms with E-state index in [2.05, 4.69) is 12.2 Å². The molecule has 0 radical (unpaired) electrons. The summed E-state index contributed by atoms with van der Waals surface area (Å²) in [4.78, 5) is 12.2. The summed E-state index contributed by atoms with van der Waals surface area (Å²) in [6.45, 7) is 4.20. The molecule has 0 aliphatic rings. The second-order valence-corrected chi connectivity index (χ2v) is 5.97. The van der Waals surface area contributed by atoms with Crippen LogP contribution in [0.5, 0.6) is 11.5 Å². The molecule has 0 bridgehead atoms. The van der Waals surface area contributed by atoms with Crippen LogP contribution in [0.15, 0.2) is 54.6 Å². The number of ether oxygens (including phenoxy) is 2. The molecule has 2 aromatic rings. The summed E-state index contributed by atoms with van der Waals surface area (Å²) >= 11 is 0. The topological polar surface area (TPSA) is 47.6 Å². The minimum Gasteiger partial charge on any atom is -0.455 e. The van der Waals surface area contributed by atoms with Crippen LogP contribution in [-0.2, 0) is 4.74 Å². The van der Waals surface area contributed by atoms with Crippen molar-refractivity contribution in [2.75, 3.05) is 5.32 Å². The van der Waals surface area contributed by atoms with Gasteiger partial charge in [-0.25, -0.2) is 4.79 Å². The predicted octanol–water partition coefficient (Wildman–Crippen LogP) is 6.39. The second-order valence-electron chi connectivity index (χ2n) is 5.97. The zero-order chi connectivity index (χ0) is 17.9. The Morgan fingerprint density at radius 1 is 1.00 bits per heavy atom. The number of hydrogen-bond acceptors (Lipinski definition) is 3. The van der Waals surface area contributed by atoms with Crippen LogP contribution in [0.4, 0.5) is 10.5 Å². The summed E-state index contributed by atoms with van der Waals surface area (Å²) in [5.74, 6) is 1.31. The van der Waals surface area contributed by atoms with Crippen LogP contribution in [0.3, 0.4) is 0 Å². The molecule has 1 N–H and O–H groups in total. The van der Waals surface area contributed by atoms with Gasteiger partial charge in [-0.3, -0.25) is 5.32 Å². The molecule has 1 atom stereocenters. The van der Waals surface area contributed by atoms with Crippen LogP contribution >= 0.6 is 0 Å². The molecule has 0 heterocycles. The van der Waals surface area contributed by atoms with Crippen molar-refractivity contribution < 1.29 is 14.3 Å². The van der Waals surface area contributed by atoms with Gasteiger partial charge in [0, 0.05) is 0 Å². The number of rotatable bonds is 9. The number of carbonyl (C=O) groups excluding carboxylic acids is 1. The molecule has 0 saturated heterocycles. The smallest absolute Gasteiger partial charge is 0.412 e. The molecular formula is C21H27NO3. The molecule has 2 rings (SSSR count). The van der Waals surface area contributed by atoms with Crippen LogP contribution in [0.25, 0.3) is 0 Å². The first kappa shape index (κ1) is 18.8. The quantitative estimate of drug-likeness (QED) is 0.538. The average molecular weight is 341 g/mol. The number of carbonyl (C=O) groups is 1. The molecule has 4 heteroatoms. The molecule has 0 aliphatic heterocycles. The van der Waals surface area contributed by atoms with E-state index in [1.54, 1.807) is 6.07 Å². The maximum absolute atomic E-state index is 12.2. The van der Waals surface area contributed by atoms with E-state index < -0.39 is 6.09 Å². The lowest BCUT2D eigenvalue weighted by atomic mass is 10.1. The van der Waals surface area contributed by atoms with Gasteiger partial charge in [0.1, 0.15) is 11.9 Å². The first-order chi connectivity index (χ1) is 12.2. The van der Waals surface area contributed by atoms with Gasteiger partial charge in [-0.15, -0.1) is 0 Å². The van der Waals surface area contributed by atoms with Crippen molar-refractivity contribution in [1.29, 1.82) is 0 Å². The summed E-state index contributed by atoms with van der Waals surface area (Å²) < 4.78 is 11.4. The molecule has 0 saturated carbocycles. The van der Waals surface area contributed by atoms with Crippen LogP contribution in [0, 0.1) is 0 Å². The van der Waals surface area contributed by atoms with Gasteiger partial charge in [0.15, 0.2) is 5.75 Å². The predicted molar refractivity (Wildman–Crippen MR) is 101 cm³/mol. The minimum atomic E-state index is -0.438. The first-order valence-electron chi connectivity index (χ1n) is 9.02. The van der Waals surface area contributed by atoms with E-state index in [0.29, 0.717) is 11.4 Å². The van der Waals surface area contributed by atoms with Crippen molar-refractivity contribution in [1.82, 2.24) is 0 Å². The van der Waals surface area contributed by atoms with E-state index >= 15 is 0 Å². The van der Waals surface area contributed by atoms with E-state index in [1.807, 2.05) is 55.5 Å². The highest BCUT2D eigenvalue weighted by atomic mass is 16.6. The second kappa shape index (κ2) is 10.4. The molecule has 0 spiro atoms. The van der Waals surface area contributed by atoms with Gasteiger partial charge < -0.3 is 9.47 Å². The third-order valence-corrected chi connectivity index (χ3v) is 3.95. The Morgan fingerprint density at radius 3 is 2.44 bits per heavy atom. The fraction of sp³-hybridized carbons (Fsp3) is 0.381. The molecule has 0 fully saturated rings. The molecule has 0 aromatic heterocycles. The first-order valence-corrected chi connectivity index (χ1v) is 9.02. The van der Waals surface area contributed by atoms with Crippen LogP contribution in [0.2, 0.25) is 0 Å². The number of para-hydroxylation sites is 3. The zero-order valence-electron chi connectivity index (χ0n) is 15.0. The maximum atomic E-state index is 12.2. The van der Waals surface area contributed by atoms with Crippen molar-refractivity contribution in [3.8, 4) is 11.5 Å². The third kappa shape index (κ3) is 6.49. The van der Waals surface area contributed by atoms with Gasteiger partial charge in [-0.05, 0) is 43.5 Å². The van der Waals surface area contributed by atoms with Crippen molar-refractivity contribution in [2.45, 2.75) is 52.1 Å². The van der Waals surface area contributed by atoms with Crippen LogP contribution in [0.1, 0.15) is 46.0 Å². The lowest BCUT2D eigenvalue weighted by Crippen LogP contribution is -2.22. The maximum Gasteiger partial charge on any atom is 0.412 e. The van der Waals surface area contributed by atoms with E-state index in [1.165, 1.54) is 0 Å². The summed E-state index contributed by atoms with van der Waals surface area (Å²) in [6.07, 6.45) is 4.64. The molecule has 4 nitrogen and oxygen atoms in total. The van der Waals surface area contributed by atoms with E-state index in [4.69, 9.17) is 9.47 Å². The molecule has 1 unspecified atom stereocenters. The fourth-order valence-electron chi connectivity index (χ4n) is 2.53. The normalized spacial score (nSPS) is 11.6. The Kier molecular flexibility index (Phi) is 7.83. The number of benzene rings is 2. The monoisotopic (exact) mass is 341 g/mol. The molecule has 1 amide bonds. The largest absolute Gasteiger partial charge is 0.455 e. The fourth-order valence-corrected chi connectivity index (χ4v) is 2.53. The number of anilines is 1. The van der Waals surface area contributed by atoms with Gasteiger partial charge in [-0.2, -0.15) is 0 Å². The molecule has 2 aromatic carbocycles. The van der Waals surface area contributed by atoms with Gasteiger partial charge in [0.25, 0.3) is 0 Å². The lowest BCUT2D eigenvalue weighted by molar-refractivity contribution is 0.101. The Labute approximate surface area is 150 Å². The molecule has 0 aliphatic carbocycles. The van der Waals surface area contributed by atoms with Crippen molar-refractivity contribution in [2.24, 2.45) is 0 Å². The lowest BCUT2D eigenvalue weighted by Gasteiger charge is -2.17. The number of nitrogens with one attached hydrogen (secondary N) is 1. The standard InChI is InChI=1S/C21H27NO3/c1-3-5-7-12-17(4-2)25-21(23)22-19-15-10-11-16-20(19)24-18-13-8-6-9-14-18/h6,8-11,13-17H,3-5,7,12H2,1-2H3,(H,22,23). The summed E-state index contributed by atoms with van der Waals surface area (Å²) in [5.41, 5.74) is 0.597. The van der Waals surface area contributed by atoms with Crippen LogP contribution in [-0.4, -0.2) is 12.2 Å².